The third-order valence-electron chi connectivity index (χ3n) is 4.59. The monoisotopic (exact) mass is 377 g/mol. The molecule has 1 aliphatic rings. The molecule has 0 bridgehead atoms. The van der Waals surface area contributed by atoms with E-state index in [0.29, 0.717) is 17.3 Å². The van der Waals surface area contributed by atoms with E-state index in [9.17, 15) is 9.59 Å². The fourth-order valence-corrected chi connectivity index (χ4v) is 3.19. The Morgan fingerprint density at radius 1 is 1.00 bits per heavy atom. The van der Waals surface area contributed by atoms with Crippen molar-refractivity contribution in [2.75, 3.05) is 0 Å². The molecule has 0 spiro atoms. The lowest BCUT2D eigenvalue weighted by molar-refractivity contribution is -0.155. The van der Waals surface area contributed by atoms with E-state index >= 15 is 0 Å². The first-order valence-corrected chi connectivity index (χ1v) is 9.00. The largest absolute Gasteiger partial charge is 0.467 e. The maximum absolute atomic E-state index is 13.0. The lowest BCUT2D eigenvalue weighted by Crippen LogP contribution is -2.36. The highest BCUT2D eigenvalue weighted by Gasteiger charge is 2.35. The minimum absolute atomic E-state index is 0.233. The Morgan fingerprint density at radius 3 is 2.25 bits per heavy atom. The van der Waals surface area contributed by atoms with Crippen molar-refractivity contribution in [1.82, 2.24) is 5.32 Å². The standard InChI is InChI=1S/C22H19NO5/c1-14(21(24)23-13-15-7-6-12-26-15)27-22(25)20-16-8-2-4-10-18(16)28-19-11-5-3-9-17(19)20/h2-12,14,20H,13H2,1H3,(H,23,24)/t14-/m1/s1. The zero-order chi connectivity index (χ0) is 19.5. The summed E-state index contributed by atoms with van der Waals surface area (Å²) in [6.07, 6.45) is 0.593. The van der Waals surface area contributed by atoms with Crippen molar-refractivity contribution < 1.29 is 23.5 Å². The van der Waals surface area contributed by atoms with Crippen molar-refractivity contribution in [2.45, 2.75) is 25.5 Å². The van der Waals surface area contributed by atoms with Gasteiger partial charge < -0.3 is 19.2 Å². The van der Waals surface area contributed by atoms with Gasteiger partial charge >= 0.3 is 5.97 Å². The van der Waals surface area contributed by atoms with Crippen molar-refractivity contribution in [2.24, 2.45) is 0 Å². The zero-order valence-electron chi connectivity index (χ0n) is 15.3. The number of carbonyl (C=O) groups excluding carboxylic acids is 2. The minimum atomic E-state index is -0.940. The molecule has 1 amide bonds. The predicted octanol–water partition coefficient (Wildman–Crippen LogP) is 3.77. The van der Waals surface area contributed by atoms with Crippen LogP contribution in [-0.2, 0) is 20.9 Å². The first-order chi connectivity index (χ1) is 13.6. The molecule has 3 aromatic rings. The van der Waals surface area contributed by atoms with Crippen LogP contribution in [0.2, 0.25) is 0 Å². The molecule has 0 radical (unpaired) electrons. The van der Waals surface area contributed by atoms with Crippen LogP contribution in [0.5, 0.6) is 11.5 Å². The Balaban J connectivity index is 1.50. The summed E-state index contributed by atoms with van der Waals surface area (Å²) in [6.45, 7) is 1.78. The van der Waals surface area contributed by atoms with Crippen LogP contribution >= 0.6 is 0 Å². The molecule has 1 atom stereocenters. The molecule has 0 saturated carbocycles. The van der Waals surface area contributed by atoms with Gasteiger partial charge in [0.15, 0.2) is 6.10 Å². The molecular formula is C22H19NO5. The molecule has 6 nitrogen and oxygen atoms in total. The molecule has 1 N–H and O–H groups in total. The van der Waals surface area contributed by atoms with Crippen molar-refractivity contribution in [3.63, 3.8) is 0 Å². The molecule has 142 valence electrons. The quantitative estimate of drug-likeness (QED) is 0.685. The summed E-state index contributed by atoms with van der Waals surface area (Å²) >= 11 is 0. The van der Waals surface area contributed by atoms with Gasteiger partial charge in [0, 0.05) is 11.1 Å². The Kier molecular flexibility index (Phi) is 4.85. The van der Waals surface area contributed by atoms with Crippen molar-refractivity contribution >= 4 is 11.9 Å². The third kappa shape index (κ3) is 3.49. The molecule has 0 fully saturated rings. The SMILES string of the molecule is C[C@@H](OC(=O)C1c2ccccc2Oc2ccccc21)C(=O)NCc1ccco1. The smallest absolute Gasteiger partial charge is 0.318 e. The number of hydrogen-bond acceptors (Lipinski definition) is 5. The van der Waals surface area contributed by atoms with Crippen LogP contribution < -0.4 is 10.1 Å². The topological polar surface area (TPSA) is 77.8 Å². The molecule has 2 aromatic carbocycles. The Bertz CT molecular complexity index is 950. The van der Waals surface area contributed by atoms with Crippen molar-refractivity contribution in [1.29, 1.82) is 0 Å². The van der Waals surface area contributed by atoms with Crippen LogP contribution in [0, 0.1) is 0 Å². The zero-order valence-corrected chi connectivity index (χ0v) is 15.3. The fourth-order valence-electron chi connectivity index (χ4n) is 3.19. The van der Waals surface area contributed by atoms with Crippen LogP contribution in [0.15, 0.2) is 71.3 Å². The second-order valence-electron chi connectivity index (χ2n) is 6.49. The number of furan rings is 1. The van der Waals surface area contributed by atoms with Crippen LogP contribution in [0.1, 0.15) is 29.7 Å². The number of carbonyl (C=O) groups is 2. The number of rotatable bonds is 5. The normalized spacial score (nSPS) is 13.6. The van der Waals surface area contributed by atoms with Crippen LogP contribution in [0.3, 0.4) is 0 Å². The van der Waals surface area contributed by atoms with E-state index in [1.54, 1.807) is 19.1 Å². The molecule has 1 aromatic heterocycles. The highest BCUT2D eigenvalue weighted by molar-refractivity contribution is 5.89. The van der Waals surface area contributed by atoms with E-state index in [1.807, 2.05) is 48.5 Å². The maximum atomic E-state index is 13.0. The highest BCUT2D eigenvalue weighted by atomic mass is 16.5. The lowest BCUT2D eigenvalue weighted by atomic mass is 9.88. The molecular weight excluding hydrogens is 358 g/mol. The summed E-state index contributed by atoms with van der Waals surface area (Å²) in [6, 6.07) is 18.2. The maximum Gasteiger partial charge on any atom is 0.318 e. The number of amides is 1. The summed E-state index contributed by atoms with van der Waals surface area (Å²) in [5, 5.41) is 2.70. The number of hydrogen-bond donors (Lipinski definition) is 1. The van der Waals surface area contributed by atoms with Crippen molar-refractivity contribution in [3.05, 3.63) is 83.8 Å². The summed E-state index contributed by atoms with van der Waals surface area (Å²) in [4.78, 5) is 25.3. The van der Waals surface area contributed by atoms with Gasteiger partial charge in [-0.1, -0.05) is 36.4 Å². The number of ether oxygens (including phenoxy) is 2. The number of fused-ring (bicyclic) bond motifs is 2. The molecule has 28 heavy (non-hydrogen) atoms. The van der Waals surface area contributed by atoms with E-state index in [2.05, 4.69) is 5.32 Å². The molecule has 0 aliphatic carbocycles. The average Bonchev–Trinajstić information content (AvgIpc) is 3.23. The molecule has 4 rings (SSSR count). The van der Waals surface area contributed by atoms with Crippen LogP contribution in [-0.4, -0.2) is 18.0 Å². The van der Waals surface area contributed by atoms with E-state index in [0.717, 1.165) is 11.1 Å². The van der Waals surface area contributed by atoms with E-state index in [-0.39, 0.29) is 6.54 Å². The fraction of sp³-hybridized carbons (Fsp3) is 0.182. The summed E-state index contributed by atoms with van der Waals surface area (Å²) in [5.41, 5.74) is 1.43. The van der Waals surface area contributed by atoms with Gasteiger partial charge in [-0.15, -0.1) is 0 Å². The van der Waals surface area contributed by atoms with Gasteiger partial charge in [0.2, 0.25) is 0 Å². The van der Waals surface area contributed by atoms with E-state index in [4.69, 9.17) is 13.9 Å². The number of nitrogens with one attached hydrogen (secondary N) is 1. The van der Waals surface area contributed by atoms with Crippen LogP contribution in [0.25, 0.3) is 0 Å². The summed E-state index contributed by atoms with van der Waals surface area (Å²) < 4.78 is 16.6. The summed E-state index contributed by atoms with van der Waals surface area (Å²) in [5.74, 6) is 0.305. The van der Waals surface area contributed by atoms with Gasteiger partial charge in [-0.05, 0) is 31.2 Å². The molecule has 6 heteroatoms. The first kappa shape index (κ1) is 17.9. The van der Waals surface area contributed by atoms with Gasteiger partial charge in [-0.3, -0.25) is 9.59 Å². The minimum Gasteiger partial charge on any atom is -0.467 e. The number of benzene rings is 2. The second kappa shape index (κ2) is 7.60. The molecule has 1 aliphatic heterocycles. The molecule has 2 heterocycles. The van der Waals surface area contributed by atoms with Gasteiger partial charge in [0.05, 0.1) is 12.8 Å². The molecule has 0 saturated heterocycles. The van der Waals surface area contributed by atoms with Gasteiger partial charge in [0.1, 0.15) is 23.2 Å². The van der Waals surface area contributed by atoms with E-state index in [1.165, 1.54) is 6.26 Å². The van der Waals surface area contributed by atoms with Crippen LogP contribution in [0.4, 0.5) is 0 Å². The third-order valence-corrected chi connectivity index (χ3v) is 4.59. The first-order valence-electron chi connectivity index (χ1n) is 9.00. The van der Waals surface area contributed by atoms with Gasteiger partial charge in [-0.2, -0.15) is 0 Å². The lowest BCUT2D eigenvalue weighted by Gasteiger charge is -2.27. The number of esters is 1. The Morgan fingerprint density at radius 2 is 1.64 bits per heavy atom. The van der Waals surface area contributed by atoms with Crippen molar-refractivity contribution in [3.8, 4) is 11.5 Å². The number of para-hydroxylation sites is 2. The van der Waals surface area contributed by atoms with E-state index < -0.39 is 23.9 Å². The van der Waals surface area contributed by atoms with Gasteiger partial charge in [0.25, 0.3) is 5.91 Å². The second-order valence-corrected chi connectivity index (χ2v) is 6.49. The Labute approximate surface area is 162 Å². The summed E-state index contributed by atoms with van der Waals surface area (Å²) in [7, 11) is 0. The molecule has 0 unspecified atom stereocenters. The predicted molar refractivity (Wildman–Crippen MR) is 101 cm³/mol. The average molecular weight is 377 g/mol. The Hall–Kier alpha value is -3.54. The highest BCUT2D eigenvalue weighted by Crippen LogP contribution is 2.44. The van der Waals surface area contributed by atoms with Gasteiger partial charge in [-0.25, -0.2) is 0 Å².